The summed E-state index contributed by atoms with van der Waals surface area (Å²) in [5.41, 5.74) is -8.64. The first kappa shape index (κ1) is 14.7. The van der Waals surface area contributed by atoms with Gasteiger partial charge in [0.15, 0.2) is 0 Å². The second-order valence-corrected chi connectivity index (χ2v) is 3.05. The van der Waals surface area contributed by atoms with Gasteiger partial charge in [-0.05, 0) is 0 Å². The first-order valence-electron chi connectivity index (χ1n) is 4.23. The van der Waals surface area contributed by atoms with Crippen LogP contribution in [0.3, 0.4) is 0 Å². The van der Waals surface area contributed by atoms with E-state index in [1.54, 1.807) is 0 Å². The van der Waals surface area contributed by atoms with Gasteiger partial charge in [-0.3, -0.25) is 40.5 Å². The van der Waals surface area contributed by atoms with Crippen LogP contribution in [0.1, 0.15) is 0 Å². The molecule has 12 nitrogen and oxygen atoms in total. The van der Waals surface area contributed by atoms with Gasteiger partial charge in [0, 0.05) is 0 Å². The predicted molar refractivity (Wildman–Crippen MR) is 53.0 cm³/mol. The molecule has 0 fully saturated rings. The Labute approximate surface area is 104 Å². The summed E-state index contributed by atoms with van der Waals surface area (Å²) in [7, 11) is 0. The molecule has 0 N–H and O–H groups in total. The Kier molecular flexibility index (Phi) is 3.50. The largest absolute Gasteiger partial charge is 0.429 e. The van der Waals surface area contributed by atoms with Gasteiger partial charge in [-0.15, -0.1) is 0 Å². The number of benzene rings is 1. The molecule has 0 aliphatic heterocycles. The molecule has 0 aromatic heterocycles. The SMILES string of the molecule is O=[N+]([O-])c1c(F)c([N+](=O)[O-])c([N+](=O)[O-])c([N+](=O)[O-])c1F. The lowest BCUT2D eigenvalue weighted by Crippen LogP contribution is -2.09. The third-order valence-electron chi connectivity index (χ3n) is 2.01. The van der Waals surface area contributed by atoms with Crippen molar-refractivity contribution in [2.75, 3.05) is 0 Å². The molecule has 0 saturated heterocycles. The van der Waals surface area contributed by atoms with Gasteiger partial charge in [-0.25, -0.2) is 0 Å². The number of nitro groups is 4. The highest BCUT2D eigenvalue weighted by Gasteiger charge is 2.50. The molecule has 1 aromatic carbocycles. The van der Waals surface area contributed by atoms with Gasteiger partial charge < -0.3 is 0 Å². The Morgan fingerprint density at radius 2 is 0.800 bits per heavy atom. The summed E-state index contributed by atoms with van der Waals surface area (Å²) in [4.78, 5) is 34.8. The summed E-state index contributed by atoms with van der Waals surface area (Å²) in [6.07, 6.45) is 0. The molecule has 0 atom stereocenters. The van der Waals surface area contributed by atoms with E-state index in [0.29, 0.717) is 0 Å². The fourth-order valence-corrected chi connectivity index (χ4v) is 1.31. The topological polar surface area (TPSA) is 173 Å². The molecule has 106 valence electrons. The smallest absolute Gasteiger partial charge is 0.258 e. The Balaban J connectivity index is 4.12. The first-order chi connectivity index (χ1) is 9.11. The summed E-state index contributed by atoms with van der Waals surface area (Å²) in [6, 6.07) is 0. The van der Waals surface area contributed by atoms with E-state index in [1.165, 1.54) is 0 Å². The normalized spacial score (nSPS) is 10.1. The molecule has 0 radical (unpaired) electrons. The van der Waals surface area contributed by atoms with E-state index < -0.39 is 54.1 Å². The lowest BCUT2D eigenvalue weighted by atomic mass is 10.2. The number of nitrogens with zero attached hydrogens (tertiary/aromatic N) is 4. The van der Waals surface area contributed by atoms with Crippen LogP contribution < -0.4 is 0 Å². The zero-order valence-corrected chi connectivity index (χ0v) is 8.81. The van der Waals surface area contributed by atoms with Crippen molar-refractivity contribution in [2.24, 2.45) is 0 Å². The lowest BCUT2D eigenvalue weighted by Gasteiger charge is -2.00. The van der Waals surface area contributed by atoms with Crippen molar-refractivity contribution in [1.29, 1.82) is 0 Å². The first-order valence-corrected chi connectivity index (χ1v) is 4.23. The van der Waals surface area contributed by atoms with Gasteiger partial charge in [0.05, 0.1) is 19.7 Å². The van der Waals surface area contributed by atoms with Crippen LogP contribution in [0.2, 0.25) is 0 Å². The number of rotatable bonds is 4. The van der Waals surface area contributed by atoms with Crippen molar-refractivity contribution in [3.8, 4) is 0 Å². The quantitative estimate of drug-likeness (QED) is 0.594. The molecule has 0 saturated carbocycles. The summed E-state index contributed by atoms with van der Waals surface area (Å²) in [6.45, 7) is 0. The van der Waals surface area contributed by atoms with E-state index in [2.05, 4.69) is 0 Å². The molecule has 1 rings (SSSR count). The molecule has 0 aliphatic carbocycles. The summed E-state index contributed by atoms with van der Waals surface area (Å²) in [5.74, 6) is -4.95. The Morgan fingerprint density at radius 3 is 1.00 bits per heavy atom. The second kappa shape index (κ2) is 4.75. The molecule has 0 amide bonds. The van der Waals surface area contributed by atoms with E-state index in [-0.39, 0.29) is 0 Å². The van der Waals surface area contributed by atoms with Gasteiger partial charge in [0.1, 0.15) is 0 Å². The van der Waals surface area contributed by atoms with Gasteiger partial charge in [0.25, 0.3) is 11.6 Å². The number of halogens is 2. The zero-order chi connectivity index (χ0) is 15.8. The molecule has 1 aromatic rings. The van der Waals surface area contributed by atoms with Crippen LogP contribution in [0.4, 0.5) is 31.5 Å². The second-order valence-electron chi connectivity index (χ2n) is 3.05. The fourth-order valence-electron chi connectivity index (χ4n) is 1.31. The van der Waals surface area contributed by atoms with Crippen molar-refractivity contribution >= 4 is 22.7 Å². The minimum absolute atomic E-state index is 1.77. The molecule has 0 unspecified atom stereocenters. The maximum Gasteiger partial charge on any atom is 0.429 e. The van der Waals surface area contributed by atoms with Crippen LogP contribution in [0.5, 0.6) is 0 Å². The highest BCUT2D eigenvalue weighted by molar-refractivity contribution is 5.72. The molecule has 14 heteroatoms. The number of hydrogen-bond donors (Lipinski definition) is 0. The average molecular weight is 294 g/mol. The Bertz CT molecular complexity index is 632. The Hall–Kier alpha value is -3.32. The molecular formula is C6F2N4O8. The van der Waals surface area contributed by atoms with Crippen LogP contribution in [-0.4, -0.2) is 19.7 Å². The maximum atomic E-state index is 13.4. The van der Waals surface area contributed by atoms with Crippen LogP contribution in [0.15, 0.2) is 0 Å². The molecule has 0 spiro atoms. The molecule has 0 heterocycles. The van der Waals surface area contributed by atoms with E-state index in [1.807, 2.05) is 0 Å². The van der Waals surface area contributed by atoms with Gasteiger partial charge in [0.2, 0.25) is 0 Å². The minimum atomic E-state index is -2.48. The van der Waals surface area contributed by atoms with Gasteiger partial charge in [-0.1, -0.05) is 0 Å². The zero-order valence-electron chi connectivity index (χ0n) is 8.81. The Morgan fingerprint density at radius 1 is 0.550 bits per heavy atom. The fraction of sp³-hybridized carbons (Fsp3) is 0. The third-order valence-corrected chi connectivity index (χ3v) is 2.01. The van der Waals surface area contributed by atoms with E-state index in [9.17, 15) is 49.2 Å². The van der Waals surface area contributed by atoms with E-state index in [4.69, 9.17) is 0 Å². The highest BCUT2D eigenvalue weighted by Crippen LogP contribution is 2.45. The number of nitro benzene ring substituents is 4. The predicted octanol–water partition coefficient (Wildman–Crippen LogP) is 1.60. The van der Waals surface area contributed by atoms with Crippen molar-refractivity contribution in [3.63, 3.8) is 0 Å². The van der Waals surface area contributed by atoms with Crippen LogP contribution in [0, 0.1) is 52.1 Å². The monoisotopic (exact) mass is 294 g/mol. The van der Waals surface area contributed by atoms with Gasteiger partial charge in [-0.2, -0.15) is 8.78 Å². The minimum Gasteiger partial charge on any atom is -0.258 e. The van der Waals surface area contributed by atoms with Crippen molar-refractivity contribution in [3.05, 3.63) is 52.1 Å². The molecule has 0 aliphatic rings. The van der Waals surface area contributed by atoms with Crippen molar-refractivity contribution < 1.29 is 28.5 Å². The summed E-state index contributed by atoms with van der Waals surface area (Å²) >= 11 is 0. The van der Waals surface area contributed by atoms with Crippen molar-refractivity contribution in [1.82, 2.24) is 0 Å². The molecule has 0 bridgehead atoms. The van der Waals surface area contributed by atoms with Crippen molar-refractivity contribution in [2.45, 2.75) is 0 Å². The summed E-state index contributed by atoms with van der Waals surface area (Å²) < 4.78 is 26.9. The molecule has 20 heavy (non-hydrogen) atoms. The third kappa shape index (κ3) is 2.04. The van der Waals surface area contributed by atoms with Crippen LogP contribution in [0.25, 0.3) is 0 Å². The highest BCUT2D eigenvalue weighted by atomic mass is 19.1. The van der Waals surface area contributed by atoms with Gasteiger partial charge >= 0.3 is 22.7 Å². The summed E-state index contributed by atoms with van der Waals surface area (Å²) in [5, 5.41) is 41.9. The maximum absolute atomic E-state index is 13.4. The van der Waals surface area contributed by atoms with Crippen LogP contribution in [-0.2, 0) is 0 Å². The van der Waals surface area contributed by atoms with E-state index in [0.717, 1.165) is 0 Å². The van der Waals surface area contributed by atoms with Crippen LogP contribution >= 0.6 is 0 Å². The standard InChI is InChI=1S/C6F2N4O8/c7-1-3(9(13)14)2(8)5(11(17)18)6(12(19)20)4(1)10(15)16. The lowest BCUT2D eigenvalue weighted by molar-refractivity contribution is -0.446. The average Bonchev–Trinajstić information content (AvgIpc) is 2.25. The number of hydrogen-bond acceptors (Lipinski definition) is 8. The molecular weight excluding hydrogens is 294 g/mol. The van der Waals surface area contributed by atoms with E-state index >= 15 is 0 Å².